The van der Waals surface area contributed by atoms with Crippen molar-refractivity contribution in [2.75, 3.05) is 11.9 Å². The Morgan fingerprint density at radius 2 is 2.05 bits per heavy atom. The van der Waals surface area contributed by atoms with Gasteiger partial charge in [-0.15, -0.1) is 0 Å². The summed E-state index contributed by atoms with van der Waals surface area (Å²) in [4.78, 5) is 16.7. The molecule has 0 unspecified atom stereocenters. The van der Waals surface area contributed by atoms with Crippen molar-refractivity contribution in [1.82, 2.24) is 4.98 Å². The van der Waals surface area contributed by atoms with Gasteiger partial charge in [0.25, 0.3) is 5.91 Å². The van der Waals surface area contributed by atoms with E-state index in [1.54, 1.807) is 12.1 Å². The van der Waals surface area contributed by atoms with E-state index in [1.165, 1.54) is 11.3 Å². The van der Waals surface area contributed by atoms with Gasteiger partial charge >= 0.3 is 0 Å². The number of amides is 1. The zero-order chi connectivity index (χ0) is 15.5. The highest BCUT2D eigenvalue weighted by atomic mass is 79.9. The van der Waals surface area contributed by atoms with E-state index in [2.05, 4.69) is 26.2 Å². The molecule has 0 spiro atoms. The summed E-state index contributed by atoms with van der Waals surface area (Å²) in [5, 5.41) is 3.40. The van der Waals surface area contributed by atoms with Crippen molar-refractivity contribution < 1.29 is 9.53 Å². The van der Waals surface area contributed by atoms with E-state index >= 15 is 0 Å². The number of hydrogen-bond acceptors (Lipinski definition) is 4. The highest BCUT2D eigenvalue weighted by Gasteiger charge is 2.12. The third-order valence-corrected chi connectivity index (χ3v) is 4.47. The van der Waals surface area contributed by atoms with E-state index in [0.29, 0.717) is 17.3 Å². The molecule has 6 heteroatoms. The van der Waals surface area contributed by atoms with Crippen LogP contribution in [0.2, 0.25) is 0 Å². The summed E-state index contributed by atoms with van der Waals surface area (Å²) >= 11 is 4.78. The fraction of sp³-hybridized carbons (Fsp3) is 0.125. The number of carbonyl (C=O) groups excluding carboxylic acids is 1. The van der Waals surface area contributed by atoms with Crippen molar-refractivity contribution in [2.24, 2.45) is 0 Å². The minimum Gasteiger partial charge on any atom is -0.492 e. The molecule has 0 fully saturated rings. The average molecular weight is 377 g/mol. The van der Waals surface area contributed by atoms with Crippen LogP contribution in [0.25, 0.3) is 10.2 Å². The fourth-order valence-electron chi connectivity index (χ4n) is 2.02. The highest BCUT2D eigenvalue weighted by Crippen LogP contribution is 2.32. The van der Waals surface area contributed by atoms with Gasteiger partial charge in [-0.1, -0.05) is 33.3 Å². The molecule has 1 amide bonds. The third kappa shape index (κ3) is 3.13. The van der Waals surface area contributed by atoms with Crippen LogP contribution in [-0.2, 0) is 0 Å². The predicted octanol–water partition coefficient (Wildman–Crippen LogP) is 4.71. The zero-order valence-corrected chi connectivity index (χ0v) is 14.2. The smallest absolute Gasteiger partial charge is 0.257 e. The molecule has 1 N–H and O–H groups in total. The van der Waals surface area contributed by atoms with E-state index < -0.39 is 0 Å². The average Bonchev–Trinajstić information content (AvgIpc) is 2.91. The number of para-hydroxylation sites is 1. The molecule has 112 valence electrons. The monoisotopic (exact) mass is 376 g/mol. The van der Waals surface area contributed by atoms with Crippen LogP contribution in [0.1, 0.15) is 17.3 Å². The van der Waals surface area contributed by atoms with Crippen LogP contribution in [0, 0.1) is 0 Å². The number of carbonyl (C=O) groups is 1. The van der Waals surface area contributed by atoms with Gasteiger partial charge in [0.05, 0.1) is 11.3 Å². The second kappa shape index (κ2) is 6.46. The molecule has 2 aromatic carbocycles. The first-order valence-corrected chi connectivity index (χ1v) is 8.37. The molecule has 1 heterocycles. The second-order valence-corrected chi connectivity index (χ2v) is 6.46. The fourth-order valence-corrected chi connectivity index (χ4v) is 3.16. The number of anilines is 1. The van der Waals surface area contributed by atoms with Crippen molar-refractivity contribution in [3.63, 3.8) is 0 Å². The topological polar surface area (TPSA) is 51.2 Å². The lowest BCUT2D eigenvalue weighted by molar-refractivity contribution is 0.102. The third-order valence-electron chi connectivity index (χ3n) is 3.01. The van der Waals surface area contributed by atoms with E-state index in [-0.39, 0.29) is 5.91 Å². The highest BCUT2D eigenvalue weighted by molar-refractivity contribution is 9.10. The number of hydrogen-bond donors (Lipinski definition) is 1. The lowest BCUT2D eigenvalue weighted by Crippen LogP contribution is -2.11. The van der Waals surface area contributed by atoms with Crippen molar-refractivity contribution in [3.8, 4) is 5.75 Å². The molecule has 0 saturated heterocycles. The number of ether oxygens (including phenoxy) is 1. The molecule has 0 atom stereocenters. The van der Waals surface area contributed by atoms with Gasteiger partial charge in [0, 0.05) is 10.0 Å². The summed E-state index contributed by atoms with van der Waals surface area (Å²) in [6.07, 6.45) is 0. The van der Waals surface area contributed by atoms with Gasteiger partial charge < -0.3 is 4.74 Å². The SMILES string of the molecule is CCOc1cccc2sc(NC(=O)c3ccc(Br)cc3)nc12. The van der Waals surface area contributed by atoms with Crippen LogP contribution >= 0.6 is 27.3 Å². The second-order valence-electron chi connectivity index (χ2n) is 4.52. The Morgan fingerprint density at radius 3 is 2.77 bits per heavy atom. The van der Waals surface area contributed by atoms with E-state index in [9.17, 15) is 4.79 Å². The Hall–Kier alpha value is -1.92. The van der Waals surface area contributed by atoms with Gasteiger partial charge in [-0.05, 0) is 43.3 Å². The molecule has 0 saturated carbocycles. The van der Waals surface area contributed by atoms with Gasteiger partial charge in [-0.3, -0.25) is 10.1 Å². The van der Waals surface area contributed by atoms with Crippen molar-refractivity contribution in [3.05, 3.63) is 52.5 Å². The maximum absolute atomic E-state index is 12.2. The first-order chi connectivity index (χ1) is 10.7. The maximum Gasteiger partial charge on any atom is 0.257 e. The summed E-state index contributed by atoms with van der Waals surface area (Å²) in [5.74, 6) is 0.560. The number of rotatable bonds is 4. The molecule has 0 bridgehead atoms. The molecule has 3 rings (SSSR count). The van der Waals surface area contributed by atoms with Crippen LogP contribution in [0.4, 0.5) is 5.13 Å². The van der Waals surface area contributed by atoms with Crippen LogP contribution in [-0.4, -0.2) is 17.5 Å². The summed E-state index contributed by atoms with van der Waals surface area (Å²) in [6, 6.07) is 13.0. The van der Waals surface area contributed by atoms with E-state index in [1.807, 2.05) is 37.3 Å². The summed E-state index contributed by atoms with van der Waals surface area (Å²) < 4.78 is 7.48. The normalized spacial score (nSPS) is 10.6. The summed E-state index contributed by atoms with van der Waals surface area (Å²) in [6.45, 7) is 2.51. The predicted molar refractivity (Wildman–Crippen MR) is 92.9 cm³/mol. The number of fused-ring (bicyclic) bond motifs is 1. The molecular formula is C16H13BrN2O2S. The number of benzene rings is 2. The molecule has 0 radical (unpaired) electrons. The minimum absolute atomic E-state index is 0.176. The van der Waals surface area contributed by atoms with Gasteiger partial charge in [-0.25, -0.2) is 4.98 Å². The number of thiazole rings is 1. The number of halogens is 1. The van der Waals surface area contributed by atoms with Crippen molar-refractivity contribution in [1.29, 1.82) is 0 Å². The van der Waals surface area contributed by atoms with Crippen molar-refractivity contribution in [2.45, 2.75) is 6.92 Å². The van der Waals surface area contributed by atoms with Crippen LogP contribution in [0.5, 0.6) is 5.75 Å². The van der Waals surface area contributed by atoms with E-state index in [4.69, 9.17) is 4.74 Å². The van der Waals surface area contributed by atoms with Gasteiger partial charge in [-0.2, -0.15) is 0 Å². The largest absolute Gasteiger partial charge is 0.492 e. The molecule has 0 aliphatic carbocycles. The van der Waals surface area contributed by atoms with Crippen molar-refractivity contribution >= 4 is 48.5 Å². The Balaban J connectivity index is 1.86. The molecule has 0 aliphatic heterocycles. The molecule has 4 nitrogen and oxygen atoms in total. The quantitative estimate of drug-likeness (QED) is 0.717. The zero-order valence-electron chi connectivity index (χ0n) is 11.8. The number of aromatic nitrogens is 1. The van der Waals surface area contributed by atoms with Gasteiger partial charge in [0.1, 0.15) is 11.3 Å². The van der Waals surface area contributed by atoms with E-state index in [0.717, 1.165) is 20.4 Å². The van der Waals surface area contributed by atoms with Gasteiger partial charge in [0.15, 0.2) is 5.13 Å². The Labute approximate surface area is 140 Å². The molecule has 1 aromatic heterocycles. The minimum atomic E-state index is -0.176. The summed E-state index contributed by atoms with van der Waals surface area (Å²) in [5.41, 5.74) is 1.37. The first kappa shape index (κ1) is 15.0. The van der Waals surface area contributed by atoms with Crippen LogP contribution in [0.15, 0.2) is 46.9 Å². The Morgan fingerprint density at radius 1 is 1.27 bits per heavy atom. The molecule has 3 aromatic rings. The standard InChI is InChI=1S/C16H13BrN2O2S/c1-2-21-12-4-3-5-13-14(12)18-16(22-13)19-15(20)10-6-8-11(17)9-7-10/h3-9H,2H2,1H3,(H,18,19,20). The van der Waals surface area contributed by atoms with Gasteiger partial charge in [0.2, 0.25) is 0 Å². The Bertz CT molecular complexity index is 815. The Kier molecular flexibility index (Phi) is 4.40. The summed E-state index contributed by atoms with van der Waals surface area (Å²) in [7, 11) is 0. The molecular weight excluding hydrogens is 364 g/mol. The van der Waals surface area contributed by atoms with Crippen LogP contribution < -0.4 is 10.1 Å². The number of nitrogens with one attached hydrogen (secondary N) is 1. The van der Waals surface area contributed by atoms with Crippen LogP contribution in [0.3, 0.4) is 0 Å². The lowest BCUT2D eigenvalue weighted by atomic mass is 10.2. The molecule has 0 aliphatic rings. The maximum atomic E-state index is 12.2. The first-order valence-electron chi connectivity index (χ1n) is 6.76. The lowest BCUT2D eigenvalue weighted by Gasteiger charge is -2.02. The molecule has 22 heavy (non-hydrogen) atoms. The number of nitrogens with zero attached hydrogens (tertiary/aromatic N) is 1.